The number of carbonyl (C=O) groups excluding carboxylic acids is 1. The van der Waals surface area contributed by atoms with Gasteiger partial charge in [0.25, 0.3) is 5.91 Å². The summed E-state index contributed by atoms with van der Waals surface area (Å²) < 4.78 is 17.0. The fraction of sp³-hybridized carbons (Fsp3) is 0.381. The molecule has 1 unspecified atom stereocenters. The maximum absolute atomic E-state index is 12.4. The van der Waals surface area contributed by atoms with E-state index in [0.717, 1.165) is 11.3 Å². The Hall–Kier alpha value is -1.99. The Morgan fingerprint density at radius 2 is 1.79 bits per heavy atom. The maximum Gasteiger partial charge on any atom is 0.258 e. The molecule has 1 atom stereocenters. The first kappa shape index (κ1) is 20.7. The predicted octanol–water partition coefficient (Wildman–Crippen LogP) is 4.44. The summed E-state index contributed by atoms with van der Waals surface area (Å²) in [6, 6.07) is 13.4. The molecular weight excluding hydrogens is 394 g/mol. The molecule has 1 heterocycles. The van der Waals surface area contributed by atoms with Crippen LogP contribution in [0.15, 0.2) is 42.5 Å². The Labute approximate surface area is 174 Å². The number of para-hydroxylation sites is 1. The van der Waals surface area contributed by atoms with E-state index in [0.29, 0.717) is 16.1 Å². The van der Waals surface area contributed by atoms with E-state index in [-0.39, 0.29) is 18.6 Å². The minimum atomic E-state index is -0.202. The van der Waals surface area contributed by atoms with Crippen molar-refractivity contribution in [2.75, 3.05) is 32.3 Å². The van der Waals surface area contributed by atoms with Crippen LogP contribution in [0.1, 0.15) is 28.7 Å². The van der Waals surface area contributed by atoms with Gasteiger partial charge in [-0.15, -0.1) is 23.5 Å². The molecule has 0 spiro atoms. The van der Waals surface area contributed by atoms with Crippen LogP contribution < -0.4 is 19.5 Å². The number of thioether (sulfide) groups is 2. The van der Waals surface area contributed by atoms with Gasteiger partial charge in [0.05, 0.1) is 24.8 Å². The molecule has 0 aromatic heterocycles. The van der Waals surface area contributed by atoms with Gasteiger partial charge in [-0.25, -0.2) is 0 Å². The van der Waals surface area contributed by atoms with Crippen molar-refractivity contribution in [3.63, 3.8) is 0 Å². The number of hydrogen-bond acceptors (Lipinski definition) is 6. The molecule has 1 fully saturated rings. The number of hydrogen-bond donors (Lipinski definition) is 1. The Morgan fingerprint density at radius 3 is 2.50 bits per heavy atom. The predicted molar refractivity (Wildman–Crippen MR) is 116 cm³/mol. The highest BCUT2D eigenvalue weighted by molar-refractivity contribution is 8.19. The van der Waals surface area contributed by atoms with Crippen molar-refractivity contribution >= 4 is 29.4 Å². The lowest BCUT2D eigenvalue weighted by Gasteiger charge is -2.18. The minimum absolute atomic E-state index is 0.0812. The summed E-state index contributed by atoms with van der Waals surface area (Å²) >= 11 is 3.88. The van der Waals surface area contributed by atoms with E-state index in [4.69, 9.17) is 14.2 Å². The topological polar surface area (TPSA) is 56.8 Å². The van der Waals surface area contributed by atoms with E-state index >= 15 is 0 Å². The van der Waals surface area contributed by atoms with Crippen molar-refractivity contribution in [3.8, 4) is 17.2 Å². The number of benzene rings is 2. The first-order chi connectivity index (χ1) is 13.6. The molecule has 2 aromatic carbocycles. The van der Waals surface area contributed by atoms with Crippen LogP contribution in [-0.2, 0) is 4.79 Å². The smallest absolute Gasteiger partial charge is 0.258 e. The van der Waals surface area contributed by atoms with Gasteiger partial charge in [-0.3, -0.25) is 4.79 Å². The Morgan fingerprint density at radius 1 is 1.07 bits per heavy atom. The zero-order valence-electron chi connectivity index (χ0n) is 16.3. The summed E-state index contributed by atoms with van der Waals surface area (Å²) in [5.74, 6) is 4.10. The molecule has 7 heteroatoms. The molecule has 28 heavy (non-hydrogen) atoms. The molecule has 0 radical (unpaired) electrons. The van der Waals surface area contributed by atoms with Gasteiger partial charge in [-0.2, -0.15) is 0 Å². The van der Waals surface area contributed by atoms with Gasteiger partial charge in [-0.1, -0.05) is 24.3 Å². The summed E-state index contributed by atoms with van der Waals surface area (Å²) in [7, 11) is 3.24. The molecule has 3 rings (SSSR count). The first-order valence-corrected chi connectivity index (χ1v) is 11.2. The normalized spacial score (nSPS) is 15.1. The molecule has 1 N–H and O–H groups in total. The summed E-state index contributed by atoms with van der Waals surface area (Å²) in [6.45, 7) is 1.84. The molecule has 0 saturated carbocycles. The average Bonchev–Trinajstić information content (AvgIpc) is 3.27. The highest BCUT2D eigenvalue weighted by Gasteiger charge is 2.20. The van der Waals surface area contributed by atoms with Crippen LogP contribution in [0.2, 0.25) is 0 Å². The van der Waals surface area contributed by atoms with Crippen molar-refractivity contribution < 1.29 is 19.0 Å². The lowest BCUT2D eigenvalue weighted by Crippen LogP contribution is -2.31. The van der Waals surface area contributed by atoms with Crippen LogP contribution >= 0.6 is 23.5 Å². The van der Waals surface area contributed by atoms with E-state index < -0.39 is 0 Å². The number of amides is 1. The van der Waals surface area contributed by atoms with Crippen molar-refractivity contribution in [1.82, 2.24) is 5.32 Å². The first-order valence-electron chi connectivity index (χ1n) is 9.08. The Balaban J connectivity index is 1.59. The zero-order valence-corrected chi connectivity index (χ0v) is 17.9. The maximum atomic E-state index is 12.4. The third-order valence-corrected chi connectivity index (χ3v) is 7.53. The van der Waals surface area contributed by atoms with Crippen molar-refractivity contribution in [1.29, 1.82) is 0 Å². The van der Waals surface area contributed by atoms with Crippen LogP contribution in [0.3, 0.4) is 0 Å². The molecule has 1 aliphatic heterocycles. The van der Waals surface area contributed by atoms with Crippen LogP contribution in [0.4, 0.5) is 0 Å². The second-order valence-corrected chi connectivity index (χ2v) is 9.03. The second kappa shape index (κ2) is 9.98. The van der Waals surface area contributed by atoms with Gasteiger partial charge in [-0.05, 0) is 30.7 Å². The Bertz CT molecular complexity index is 809. The summed E-state index contributed by atoms with van der Waals surface area (Å²) in [4.78, 5) is 12.4. The number of nitrogens with one attached hydrogen (secondary N) is 1. The standard InChI is InChI=1S/C21H25NO4S2/c1-14(16-6-4-5-7-17(16)24-2)22-20(23)13-26-18-9-8-15(12-19(18)25-3)21-27-10-11-28-21/h4-9,12,14,21H,10-11,13H2,1-3H3,(H,22,23). The summed E-state index contributed by atoms with van der Waals surface area (Å²) in [5.41, 5.74) is 2.14. The van der Waals surface area contributed by atoms with Crippen molar-refractivity contribution in [2.45, 2.75) is 17.5 Å². The Kier molecular flexibility index (Phi) is 7.39. The SMILES string of the molecule is COc1cc(C2SCCS2)ccc1OCC(=O)NC(C)c1ccccc1OC. The summed E-state index contributed by atoms with van der Waals surface area (Å²) in [5, 5.41) is 2.94. The highest BCUT2D eigenvalue weighted by atomic mass is 32.2. The van der Waals surface area contributed by atoms with Gasteiger partial charge < -0.3 is 19.5 Å². The van der Waals surface area contributed by atoms with Gasteiger partial charge >= 0.3 is 0 Å². The third-order valence-electron chi connectivity index (χ3n) is 4.42. The quantitative estimate of drug-likeness (QED) is 0.683. The van der Waals surface area contributed by atoms with Crippen LogP contribution in [0.25, 0.3) is 0 Å². The molecule has 0 bridgehead atoms. The molecule has 1 saturated heterocycles. The van der Waals surface area contributed by atoms with Crippen molar-refractivity contribution in [3.05, 3.63) is 53.6 Å². The highest BCUT2D eigenvalue weighted by Crippen LogP contribution is 2.46. The second-order valence-electron chi connectivity index (χ2n) is 6.30. The monoisotopic (exact) mass is 419 g/mol. The lowest BCUT2D eigenvalue weighted by molar-refractivity contribution is -0.123. The molecule has 1 aliphatic rings. The molecule has 1 amide bonds. The van der Waals surface area contributed by atoms with Gasteiger partial charge in [0.2, 0.25) is 0 Å². The lowest BCUT2D eigenvalue weighted by atomic mass is 10.1. The van der Waals surface area contributed by atoms with Gasteiger partial charge in [0.15, 0.2) is 18.1 Å². The fourth-order valence-corrected chi connectivity index (χ4v) is 5.87. The molecule has 150 valence electrons. The van der Waals surface area contributed by atoms with Gasteiger partial charge in [0.1, 0.15) is 5.75 Å². The van der Waals surface area contributed by atoms with Crippen LogP contribution in [0.5, 0.6) is 17.2 Å². The zero-order chi connectivity index (χ0) is 19.9. The van der Waals surface area contributed by atoms with E-state index in [2.05, 4.69) is 5.32 Å². The summed E-state index contributed by atoms with van der Waals surface area (Å²) in [6.07, 6.45) is 0. The van der Waals surface area contributed by atoms with Crippen LogP contribution in [0, 0.1) is 0 Å². The van der Waals surface area contributed by atoms with E-state index in [1.54, 1.807) is 14.2 Å². The van der Waals surface area contributed by atoms with Crippen LogP contribution in [-0.4, -0.2) is 38.2 Å². The van der Waals surface area contributed by atoms with E-state index in [1.807, 2.05) is 72.9 Å². The molecule has 2 aromatic rings. The minimum Gasteiger partial charge on any atom is -0.496 e. The average molecular weight is 420 g/mol. The fourth-order valence-electron chi connectivity index (χ4n) is 3.03. The largest absolute Gasteiger partial charge is 0.496 e. The number of ether oxygens (including phenoxy) is 3. The number of methoxy groups -OCH3 is 2. The molecule has 5 nitrogen and oxygen atoms in total. The molecule has 0 aliphatic carbocycles. The molecular formula is C21H25NO4S2. The van der Waals surface area contributed by atoms with Gasteiger partial charge in [0, 0.05) is 17.1 Å². The van der Waals surface area contributed by atoms with E-state index in [1.165, 1.54) is 17.1 Å². The van der Waals surface area contributed by atoms with E-state index in [9.17, 15) is 4.79 Å². The number of carbonyl (C=O) groups is 1. The van der Waals surface area contributed by atoms with Crippen molar-refractivity contribution in [2.24, 2.45) is 0 Å². The number of rotatable bonds is 8. The third kappa shape index (κ3) is 5.08.